The third-order valence-electron chi connectivity index (χ3n) is 4.42. The third-order valence-corrected chi connectivity index (χ3v) is 5.53. The molecule has 25 heavy (non-hydrogen) atoms. The Kier molecular flexibility index (Phi) is 3.82. The summed E-state index contributed by atoms with van der Waals surface area (Å²) in [6.07, 6.45) is 0.902. The number of anilines is 2. The van der Waals surface area contributed by atoms with Crippen LogP contribution >= 0.6 is 11.3 Å². The molecule has 7 heteroatoms. The fourth-order valence-electron chi connectivity index (χ4n) is 3.07. The largest absolute Gasteiger partial charge is 0.506 e. The molecule has 4 rings (SSSR count). The number of para-hydroxylation sites is 2. The zero-order valence-electron chi connectivity index (χ0n) is 13.7. The van der Waals surface area contributed by atoms with Crippen molar-refractivity contribution in [2.75, 3.05) is 24.6 Å². The highest BCUT2D eigenvalue weighted by Gasteiger charge is 2.22. The van der Waals surface area contributed by atoms with E-state index in [-0.39, 0.29) is 11.7 Å². The van der Waals surface area contributed by atoms with Gasteiger partial charge in [-0.15, -0.1) is 11.3 Å². The Morgan fingerprint density at radius 3 is 3.00 bits per heavy atom. The summed E-state index contributed by atoms with van der Waals surface area (Å²) in [4.78, 5) is 20.8. The lowest BCUT2D eigenvalue weighted by molar-refractivity contribution is 0.103. The maximum absolute atomic E-state index is 12.6. The number of nitrogens with one attached hydrogen (secondary N) is 1. The van der Waals surface area contributed by atoms with Gasteiger partial charge in [-0.1, -0.05) is 12.1 Å². The number of carbonyl (C=O) groups is 1. The number of benzene rings is 1. The van der Waals surface area contributed by atoms with Crippen molar-refractivity contribution in [2.24, 2.45) is 0 Å². The minimum atomic E-state index is -0.336. The average molecular weight is 354 g/mol. The number of phenols is 1. The molecule has 3 aromatic rings. The summed E-state index contributed by atoms with van der Waals surface area (Å²) in [6.45, 7) is 1.82. The summed E-state index contributed by atoms with van der Waals surface area (Å²) in [5, 5.41) is 13.4. The number of pyridine rings is 1. The molecular weight excluding hydrogens is 336 g/mol. The van der Waals surface area contributed by atoms with Crippen molar-refractivity contribution in [3.8, 4) is 5.75 Å². The van der Waals surface area contributed by atoms with Gasteiger partial charge < -0.3 is 21.1 Å². The van der Waals surface area contributed by atoms with Gasteiger partial charge in [0.1, 0.15) is 15.5 Å². The van der Waals surface area contributed by atoms with Crippen LogP contribution in [-0.2, 0) is 13.0 Å². The van der Waals surface area contributed by atoms with E-state index in [9.17, 15) is 9.90 Å². The van der Waals surface area contributed by atoms with E-state index in [1.54, 1.807) is 18.2 Å². The minimum absolute atomic E-state index is 0.0205. The van der Waals surface area contributed by atoms with E-state index in [0.717, 1.165) is 35.4 Å². The molecular formula is C18H18N4O2S. The summed E-state index contributed by atoms with van der Waals surface area (Å²) in [7, 11) is 2.08. The predicted molar refractivity (Wildman–Crippen MR) is 100 cm³/mol. The molecule has 0 aliphatic carbocycles. The maximum atomic E-state index is 12.6. The van der Waals surface area contributed by atoms with Gasteiger partial charge in [0.2, 0.25) is 0 Å². The highest BCUT2D eigenvalue weighted by molar-refractivity contribution is 7.21. The Hall–Kier alpha value is -2.64. The maximum Gasteiger partial charge on any atom is 0.268 e. The fourth-order valence-corrected chi connectivity index (χ4v) is 4.06. The first kappa shape index (κ1) is 15.9. The number of likely N-dealkylation sites (N-methyl/N-ethyl adjacent to an activating group) is 1. The van der Waals surface area contributed by atoms with Crippen molar-refractivity contribution in [3.05, 3.63) is 46.5 Å². The second-order valence-corrected chi connectivity index (χ2v) is 7.25. The summed E-state index contributed by atoms with van der Waals surface area (Å²) in [5.41, 5.74) is 9.28. The van der Waals surface area contributed by atoms with E-state index in [0.29, 0.717) is 16.3 Å². The zero-order valence-corrected chi connectivity index (χ0v) is 14.6. The van der Waals surface area contributed by atoms with Crippen molar-refractivity contribution in [3.63, 3.8) is 0 Å². The molecule has 0 spiro atoms. The monoisotopic (exact) mass is 354 g/mol. The minimum Gasteiger partial charge on any atom is -0.506 e. The van der Waals surface area contributed by atoms with Crippen LogP contribution in [0.4, 0.5) is 11.4 Å². The lowest BCUT2D eigenvalue weighted by Crippen LogP contribution is -2.27. The lowest BCUT2D eigenvalue weighted by Gasteiger charge is -2.24. The molecule has 0 radical (unpaired) electrons. The average Bonchev–Trinajstić information content (AvgIpc) is 2.91. The second-order valence-electron chi connectivity index (χ2n) is 6.25. The lowest BCUT2D eigenvalue weighted by atomic mass is 10.0. The van der Waals surface area contributed by atoms with Crippen LogP contribution in [0.25, 0.3) is 10.2 Å². The number of fused-ring (bicyclic) bond motifs is 2. The molecule has 1 aliphatic heterocycles. The number of nitrogen functional groups attached to an aromatic ring is 1. The summed E-state index contributed by atoms with van der Waals surface area (Å²) < 4.78 is 0. The molecule has 4 N–H and O–H groups in total. The molecule has 0 unspecified atom stereocenters. The Morgan fingerprint density at radius 1 is 1.40 bits per heavy atom. The van der Waals surface area contributed by atoms with Crippen molar-refractivity contribution in [1.82, 2.24) is 9.88 Å². The van der Waals surface area contributed by atoms with Crippen LogP contribution in [-0.4, -0.2) is 34.5 Å². The smallest absolute Gasteiger partial charge is 0.268 e. The third kappa shape index (κ3) is 2.81. The van der Waals surface area contributed by atoms with Gasteiger partial charge in [0.05, 0.1) is 11.4 Å². The normalized spacial score (nSPS) is 14.4. The van der Waals surface area contributed by atoms with Crippen molar-refractivity contribution < 1.29 is 9.90 Å². The molecule has 1 aromatic carbocycles. The number of hydrogen-bond acceptors (Lipinski definition) is 6. The SMILES string of the molecule is CN1CCc2nc3sc(C(=O)Nc4ccccc4O)c(N)c3cc2C1. The molecule has 3 heterocycles. The number of rotatable bonds is 2. The summed E-state index contributed by atoms with van der Waals surface area (Å²) >= 11 is 1.29. The zero-order chi connectivity index (χ0) is 17.6. The summed E-state index contributed by atoms with van der Waals surface area (Å²) in [6, 6.07) is 8.66. The van der Waals surface area contributed by atoms with E-state index < -0.39 is 0 Å². The molecule has 0 saturated carbocycles. The Bertz CT molecular complexity index is 983. The van der Waals surface area contributed by atoms with Gasteiger partial charge in [0.15, 0.2) is 0 Å². The summed E-state index contributed by atoms with van der Waals surface area (Å²) in [5.74, 6) is -0.316. The van der Waals surface area contributed by atoms with Crippen LogP contribution in [0.5, 0.6) is 5.75 Å². The molecule has 0 fully saturated rings. The number of aromatic nitrogens is 1. The van der Waals surface area contributed by atoms with Gasteiger partial charge in [-0.3, -0.25) is 4.79 Å². The van der Waals surface area contributed by atoms with Crippen LogP contribution in [0.2, 0.25) is 0 Å². The number of phenolic OH excluding ortho intramolecular Hbond substituents is 1. The van der Waals surface area contributed by atoms with Gasteiger partial charge in [0, 0.05) is 30.6 Å². The van der Waals surface area contributed by atoms with E-state index in [1.807, 2.05) is 0 Å². The molecule has 0 atom stereocenters. The van der Waals surface area contributed by atoms with E-state index in [2.05, 4.69) is 23.3 Å². The Labute approximate surface area is 148 Å². The van der Waals surface area contributed by atoms with Crippen LogP contribution in [0.3, 0.4) is 0 Å². The Balaban J connectivity index is 1.72. The van der Waals surface area contributed by atoms with Crippen LogP contribution in [0.1, 0.15) is 20.9 Å². The standard InChI is InChI=1S/C18H18N4O2S/c1-22-7-6-12-10(9-22)8-11-15(19)16(25-18(11)21-12)17(24)20-13-4-2-3-5-14(13)23/h2-5,8,23H,6-7,9,19H2,1H3,(H,20,24). The molecule has 1 amide bonds. The number of thiophene rings is 1. The number of amides is 1. The van der Waals surface area contributed by atoms with Gasteiger partial charge in [-0.2, -0.15) is 0 Å². The van der Waals surface area contributed by atoms with Gasteiger partial charge >= 0.3 is 0 Å². The number of nitrogens with zero attached hydrogens (tertiary/aromatic N) is 2. The van der Waals surface area contributed by atoms with E-state index in [1.165, 1.54) is 23.0 Å². The molecule has 2 aromatic heterocycles. The van der Waals surface area contributed by atoms with Crippen LogP contribution < -0.4 is 11.1 Å². The first-order valence-electron chi connectivity index (χ1n) is 8.01. The van der Waals surface area contributed by atoms with Crippen molar-refractivity contribution in [2.45, 2.75) is 13.0 Å². The molecule has 1 aliphatic rings. The predicted octanol–water partition coefficient (Wildman–Crippen LogP) is 2.82. The highest BCUT2D eigenvalue weighted by atomic mass is 32.1. The van der Waals surface area contributed by atoms with Crippen molar-refractivity contribution >= 4 is 38.8 Å². The number of hydrogen-bond donors (Lipinski definition) is 3. The van der Waals surface area contributed by atoms with Crippen LogP contribution in [0.15, 0.2) is 30.3 Å². The van der Waals surface area contributed by atoms with Crippen molar-refractivity contribution in [1.29, 1.82) is 0 Å². The van der Waals surface area contributed by atoms with E-state index in [4.69, 9.17) is 10.7 Å². The molecule has 6 nitrogen and oxygen atoms in total. The Morgan fingerprint density at radius 2 is 2.20 bits per heavy atom. The number of carbonyl (C=O) groups excluding carboxylic acids is 1. The topological polar surface area (TPSA) is 91.5 Å². The first-order valence-corrected chi connectivity index (χ1v) is 8.83. The first-order chi connectivity index (χ1) is 12.0. The van der Waals surface area contributed by atoms with Gasteiger partial charge in [-0.05, 0) is 30.8 Å². The number of nitrogens with two attached hydrogens (primary N) is 1. The molecule has 0 bridgehead atoms. The molecule has 0 saturated heterocycles. The second kappa shape index (κ2) is 6.02. The molecule has 128 valence electrons. The van der Waals surface area contributed by atoms with E-state index >= 15 is 0 Å². The van der Waals surface area contributed by atoms with Gasteiger partial charge in [-0.25, -0.2) is 4.98 Å². The van der Waals surface area contributed by atoms with Gasteiger partial charge in [0.25, 0.3) is 5.91 Å². The fraction of sp³-hybridized carbons (Fsp3) is 0.222. The quantitative estimate of drug-likeness (QED) is 0.616. The number of aromatic hydroxyl groups is 1. The van der Waals surface area contributed by atoms with Crippen LogP contribution in [0, 0.1) is 0 Å². The highest BCUT2D eigenvalue weighted by Crippen LogP contribution is 2.35.